The van der Waals surface area contributed by atoms with Crippen molar-refractivity contribution in [1.82, 2.24) is 15.0 Å². The van der Waals surface area contributed by atoms with Crippen molar-refractivity contribution < 1.29 is 18.9 Å². The van der Waals surface area contributed by atoms with Crippen molar-refractivity contribution in [3.63, 3.8) is 0 Å². The third-order valence-corrected chi connectivity index (χ3v) is 7.96. The van der Waals surface area contributed by atoms with Gasteiger partial charge in [0.1, 0.15) is 0 Å². The number of hydrogen-bond donors (Lipinski definition) is 1. The summed E-state index contributed by atoms with van der Waals surface area (Å²) in [5.41, 5.74) is 0. The fourth-order valence-electron chi connectivity index (χ4n) is 5.42. The van der Waals surface area contributed by atoms with Crippen molar-refractivity contribution in [2.75, 3.05) is 56.3 Å². The molecular weight excluding hydrogens is 566 g/mol. The Kier molecular flexibility index (Phi) is 26.2. The normalized spacial score (nSPS) is 11.7. The first-order chi connectivity index (χ1) is 22.1. The van der Waals surface area contributed by atoms with Gasteiger partial charge >= 0.3 is 6.01 Å². The molecule has 0 radical (unpaired) electrons. The number of anilines is 2. The molecule has 264 valence electrons. The van der Waals surface area contributed by atoms with E-state index in [0.29, 0.717) is 38.4 Å². The number of nitrogens with zero attached hydrogens (tertiary/aromatic N) is 4. The molecule has 9 nitrogen and oxygen atoms in total. The summed E-state index contributed by atoms with van der Waals surface area (Å²) in [6.45, 7) is 17.9. The summed E-state index contributed by atoms with van der Waals surface area (Å²) in [5, 5.41) is 3.47. The van der Waals surface area contributed by atoms with Crippen molar-refractivity contribution >= 4 is 11.9 Å². The Labute approximate surface area is 277 Å². The molecule has 9 heteroatoms. The van der Waals surface area contributed by atoms with Crippen molar-refractivity contribution in [2.24, 2.45) is 0 Å². The van der Waals surface area contributed by atoms with Gasteiger partial charge in [-0.1, -0.05) is 104 Å². The fraction of sp³-hybridized carbons (Fsp3) is 0.917. The summed E-state index contributed by atoms with van der Waals surface area (Å²) in [7, 11) is 0. The molecule has 1 heterocycles. The van der Waals surface area contributed by atoms with E-state index < -0.39 is 5.97 Å². The van der Waals surface area contributed by atoms with E-state index in [1.54, 1.807) is 0 Å². The number of aromatic nitrogens is 3. The van der Waals surface area contributed by atoms with Gasteiger partial charge in [-0.05, 0) is 52.9 Å². The Hall–Kier alpha value is -1.71. The van der Waals surface area contributed by atoms with E-state index in [9.17, 15) is 0 Å². The molecular formula is C36H71N5O4. The highest BCUT2D eigenvalue weighted by molar-refractivity contribution is 5.38. The standard InChI is InChI=1S/C36H71N5O4/c1-7-13-16-27-32-42-35-39-33(38-34(40-35)41(30-14-8-2)31-15-9-3)37-29-26-24-22-20-18-17-19-21-23-25-28-36(43-10-4,44-11-5)45-12-6/h7-32H2,1-6H3,(H,37,38,39,40). The number of ether oxygens (including phenoxy) is 4. The molecule has 1 aromatic rings. The van der Waals surface area contributed by atoms with Gasteiger partial charge in [0.05, 0.1) is 6.61 Å². The minimum absolute atomic E-state index is 0.453. The van der Waals surface area contributed by atoms with Crippen molar-refractivity contribution in [3.05, 3.63) is 0 Å². The lowest BCUT2D eigenvalue weighted by atomic mass is 10.1. The third-order valence-electron chi connectivity index (χ3n) is 7.96. The number of hydrogen-bond acceptors (Lipinski definition) is 9. The maximum atomic E-state index is 6.00. The summed E-state index contributed by atoms with van der Waals surface area (Å²) in [5.74, 6) is 0.532. The molecule has 0 aliphatic carbocycles. The van der Waals surface area contributed by atoms with Gasteiger partial charge in [-0.15, -0.1) is 0 Å². The van der Waals surface area contributed by atoms with Crippen LogP contribution in [-0.4, -0.2) is 67.0 Å². The second-order valence-corrected chi connectivity index (χ2v) is 12.0. The molecule has 0 aliphatic heterocycles. The Bertz CT molecular complexity index is 776. The first-order valence-electron chi connectivity index (χ1n) is 18.9. The summed E-state index contributed by atoms with van der Waals surface area (Å²) in [6.07, 6.45) is 22.4. The predicted molar refractivity (Wildman–Crippen MR) is 188 cm³/mol. The zero-order valence-electron chi connectivity index (χ0n) is 30.3. The molecule has 1 rings (SSSR count). The van der Waals surface area contributed by atoms with Gasteiger partial charge in [0, 0.05) is 45.9 Å². The van der Waals surface area contributed by atoms with E-state index in [2.05, 4.69) is 36.0 Å². The quantitative estimate of drug-likeness (QED) is 0.0597. The molecule has 0 fully saturated rings. The van der Waals surface area contributed by atoms with Crippen LogP contribution in [0.25, 0.3) is 0 Å². The Morgan fingerprint density at radius 1 is 0.556 bits per heavy atom. The van der Waals surface area contributed by atoms with Crippen LogP contribution in [0.5, 0.6) is 6.01 Å². The first kappa shape index (κ1) is 41.3. The summed E-state index contributed by atoms with van der Waals surface area (Å²) >= 11 is 0. The lowest BCUT2D eigenvalue weighted by Gasteiger charge is -2.32. The Balaban J connectivity index is 2.38. The lowest BCUT2D eigenvalue weighted by Crippen LogP contribution is -2.39. The molecule has 1 N–H and O–H groups in total. The largest absolute Gasteiger partial charge is 0.463 e. The van der Waals surface area contributed by atoms with Gasteiger partial charge in [-0.25, -0.2) is 0 Å². The first-order valence-corrected chi connectivity index (χ1v) is 18.9. The van der Waals surface area contributed by atoms with E-state index in [0.717, 1.165) is 76.9 Å². The second-order valence-electron chi connectivity index (χ2n) is 12.0. The van der Waals surface area contributed by atoms with Crippen molar-refractivity contribution in [2.45, 2.75) is 170 Å². The third kappa shape index (κ3) is 20.2. The van der Waals surface area contributed by atoms with Crippen LogP contribution in [0.1, 0.15) is 164 Å². The highest BCUT2D eigenvalue weighted by Gasteiger charge is 2.31. The summed E-state index contributed by atoms with van der Waals surface area (Å²) in [4.78, 5) is 16.5. The number of unbranched alkanes of at least 4 members (excludes halogenated alkanes) is 14. The van der Waals surface area contributed by atoms with Gasteiger partial charge in [0.2, 0.25) is 11.9 Å². The maximum absolute atomic E-state index is 6.00. The molecule has 0 saturated heterocycles. The summed E-state index contributed by atoms with van der Waals surface area (Å²) < 4.78 is 23.5. The smallest absolute Gasteiger partial charge is 0.323 e. The molecule has 0 amide bonds. The molecule has 1 aromatic heterocycles. The molecule has 0 unspecified atom stereocenters. The minimum atomic E-state index is -0.855. The molecule has 0 atom stereocenters. The maximum Gasteiger partial charge on any atom is 0.323 e. The monoisotopic (exact) mass is 638 g/mol. The molecule has 0 aromatic carbocycles. The van der Waals surface area contributed by atoms with Crippen LogP contribution in [0.3, 0.4) is 0 Å². The zero-order valence-corrected chi connectivity index (χ0v) is 30.3. The van der Waals surface area contributed by atoms with Gasteiger partial charge in [-0.3, -0.25) is 0 Å². The molecule has 45 heavy (non-hydrogen) atoms. The molecule has 0 spiro atoms. The topological polar surface area (TPSA) is 90.9 Å². The van der Waals surface area contributed by atoms with E-state index in [1.807, 2.05) is 20.8 Å². The van der Waals surface area contributed by atoms with Crippen LogP contribution in [0.2, 0.25) is 0 Å². The number of rotatable bonds is 33. The Morgan fingerprint density at radius 2 is 1.07 bits per heavy atom. The number of nitrogens with one attached hydrogen (secondary N) is 1. The minimum Gasteiger partial charge on any atom is -0.463 e. The van der Waals surface area contributed by atoms with Crippen LogP contribution in [-0.2, 0) is 14.2 Å². The highest BCUT2D eigenvalue weighted by Crippen LogP contribution is 2.24. The van der Waals surface area contributed by atoms with Crippen molar-refractivity contribution in [3.8, 4) is 6.01 Å². The van der Waals surface area contributed by atoms with Crippen LogP contribution in [0.4, 0.5) is 11.9 Å². The van der Waals surface area contributed by atoms with Crippen LogP contribution < -0.4 is 15.0 Å². The lowest BCUT2D eigenvalue weighted by molar-refractivity contribution is -0.380. The Morgan fingerprint density at radius 3 is 1.60 bits per heavy atom. The van der Waals surface area contributed by atoms with Crippen LogP contribution in [0.15, 0.2) is 0 Å². The van der Waals surface area contributed by atoms with E-state index in [-0.39, 0.29) is 0 Å². The fourth-order valence-corrected chi connectivity index (χ4v) is 5.42. The van der Waals surface area contributed by atoms with Gasteiger partial charge in [0.15, 0.2) is 0 Å². The van der Waals surface area contributed by atoms with Crippen LogP contribution >= 0.6 is 0 Å². The molecule has 0 saturated carbocycles. The average molecular weight is 638 g/mol. The van der Waals surface area contributed by atoms with Gasteiger partial charge < -0.3 is 29.2 Å². The van der Waals surface area contributed by atoms with Crippen molar-refractivity contribution in [1.29, 1.82) is 0 Å². The van der Waals surface area contributed by atoms with E-state index in [1.165, 1.54) is 70.6 Å². The SMILES string of the molecule is CCCCCCOc1nc(NCCCCCCCCCCCCC(OCC)(OCC)OCC)nc(N(CCCC)CCCC)n1. The molecule has 0 aliphatic rings. The van der Waals surface area contributed by atoms with Gasteiger partial charge in [-0.2, -0.15) is 15.0 Å². The average Bonchev–Trinajstić information content (AvgIpc) is 3.03. The van der Waals surface area contributed by atoms with Crippen LogP contribution in [0, 0.1) is 0 Å². The summed E-state index contributed by atoms with van der Waals surface area (Å²) in [6, 6.07) is 0.453. The zero-order chi connectivity index (χ0) is 32.9. The van der Waals surface area contributed by atoms with E-state index in [4.69, 9.17) is 28.9 Å². The second kappa shape index (κ2) is 28.5. The highest BCUT2D eigenvalue weighted by atomic mass is 16.9. The van der Waals surface area contributed by atoms with E-state index >= 15 is 0 Å². The van der Waals surface area contributed by atoms with Gasteiger partial charge in [0.25, 0.3) is 5.97 Å². The predicted octanol–water partition coefficient (Wildman–Crippen LogP) is 9.70. The molecule has 0 bridgehead atoms.